The van der Waals surface area contributed by atoms with Gasteiger partial charge in [0.05, 0.1) is 4.90 Å². The van der Waals surface area contributed by atoms with Crippen LogP contribution in [-0.2, 0) is 22.0 Å². The topological polar surface area (TPSA) is 51.4 Å². The molecule has 0 radical (unpaired) electrons. The first-order chi connectivity index (χ1) is 13.7. The largest absolute Gasteiger partial charge is 0.316 e. The molecule has 0 N–H and O–H groups in total. The van der Waals surface area contributed by atoms with Gasteiger partial charge in [0.1, 0.15) is 0 Å². The van der Waals surface area contributed by atoms with Gasteiger partial charge in [0, 0.05) is 17.1 Å². The van der Waals surface area contributed by atoms with E-state index in [4.69, 9.17) is 0 Å². The fraction of sp³-hybridized carbons (Fsp3) is 0.261. The van der Waals surface area contributed by atoms with Crippen molar-refractivity contribution in [2.24, 2.45) is 4.40 Å². The fourth-order valence-corrected chi connectivity index (χ4v) is 5.49. The molecule has 2 aromatic carbocycles. The normalized spacial score (nSPS) is 13.3. The van der Waals surface area contributed by atoms with Crippen LogP contribution in [0.5, 0.6) is 0 Å². The second-order valence-electron chi connectivity index (χ2n) is 7.85. The van der Waals surface area contributed by atoms with Crippen molar-refractivity contribution in [3.8, 4) is 0 Å². The van der Waals surface area contributed by atoms with Gasteiger partial charge in [-0.2, -0.15) is 8.42 Å². The highest BCUT2D eigenvalue weighted by Crippen LogP contribution is 2.28. The first-order valence-corrected chi connectivity index (χ1v) is 11.7. The van der Waals surface area contributed by atoms with Gasteiger partial charge in [-0.15, -0.1) is 15.7 Å². The van der Waals surface area contributed by atoms with Crippen molar-refractivity contribution in [3.63, 3.8) is 0 Å². The lowest BCUT2D eigenvalue weighted by Crippen LogP contribution is -2.18. The van der Waals surface area contributed by atoms with E-state index in [1.54, 1.807) is 30.3 Å². The Kier molecular flexibility index (Phi) is 6.24. The number of aromatic nitrogens is 1. The van der Waals surface area contributed by atoms with Gasteiger partial charge in [0.2, 0.25) is 4.80 Å². The number of allylic oxidation sites excluding steroid dienone is 1. The summed E-state index contributed by atoms with van der Waals surface area (Å²) in [6.45, 7) is 8.97. The Hall–Kier alpha value is -2.44. The number of hydrogen-bond donors (Lipinski definition) is 0. The monoisotopic (exact) mass is 426 g/mol. The van der Waals surface area contributed by atoms with E-state index in [1.807, 2.05) is 54.0 Å². The van der Waals surface area contributed by atoms with Gasteiger partial charge in [-0.25, -0.2) is 0 Å². The Labute approximate surface area is 177 Å². The minimum absolute atomic E-state index is 0.0933. The molecule has 0 aliphatic heterocycles. The smallest absolute Gasteiger partial charge is 0.285 e. The van der Waals surface area contributed by atoms with Crippen LogP contribution in [0.3, 0.4) is 0 Å². The highest BCUT2D eigenvalue weighted by Gasteiger charge is 2.23. The molecule has 0 amide bonds. The summed E-state index contributed by atoms with van der Waals surface area (Å²) in [5.41, 5.74) is 2.05. The molecule has 3 rings (SSSR count). The molecule has 0 saturated heterocycles. The first-order valence-electron chi connectivity index (χ1n) is 9.47. The van der Waals surface area contributed by atoms with E-state index in [0.29, 0.717) is 11.3 Å². The van der Waals surface area contributed by atoms with E-state index in [0.717, 1.165) is 16.1 Å². The van der Waals surface area contributed by atoms with Crippen LogP contribution in [0.2, 0.25) is 0 Å². The molecule has 29 heavy (non-hydrogen) atoms. The molecular formula is C23H26N2O2S2. The molecule has 0 atom stereocenters. The summed E-state index contributed by atoms with van der Waals surface area (Å²) >= 11 is 1.44. The summed E-state index contributed by atoms with van der Waals surface area (Å²) in [5.74, 6) is 0. The molecule has 0 bridgehead atoms. The molecule has 1 aromatic heterocycles. The lowest BCUT2D eigenvalue weighted by atomic mass is 9.93. The number of benzene rings is 2. The highest BCUT2D eigenvalue weighted by molar-refractivity contribution is 7.90. The van der Waals surface area contributed by atoms with Crippen LogP contribution in [-0.4, -0.2) is 13.0 Å². The van der Waals surface area contributed by atoms with Crippen LogP contribution in [0.1, 0.15) is 36.9 Å². The molecule has 152 valence electrons. The summed E-state index contributed by atoms with van der Waals surface area (Å²) in [7, 11) is -3.77. The van der Waals surface area contributed by atoms with Crippen molar-refractivity contribution in [2.45, 2.75) is 44.6 Å². The maximum Gasteiger partial charge on any atom is 0.285 e. The maximum absolute atomic E-state index is 12.8. The Morgan fingerprint density at radius 1 is 1.00 bits per heavy atom. The van der Waals surface area contributed by atoms with E-state index < -0.39 is 10.0 Å². The highest BCUT2D eigenvalue weighted by atomic mass is 32.2. The Bertz CT molecular complexity index is 1170. The van der Waals surface area contributed by atoms with Crippen LogP contribution < -0.4 is 4.80 Å². The fourth-order valence-electron chi connectivity index (χ4n) is 3.07. The predicted octanol–water partition coefficient (Wildman–Crippen LogP) is 5.16. The van der Waals surface area contributed by atoms with Crippen LogP contribution in [0, 0.1) is 6.92 Å². The Morgan fingerprint density at radius 2 is 1.59 bits per heavy atom. The lowest BCUT2D eigenvalue weighted by Gasteiger charge is -2.17. The van der Waals surface area contributed by atoms with Crippen molar-refractivity contribution in [1.29, 1.82) is 0 Å². The molecular weight excluding hydrogens is 400 g/mol. The van der Waals surface area contributed by atoms with Crippen LogP contribution >= 0.6 is 11.3 Å². The molecule has 1 heterocycles. The zero-order valence-electron chi connectivity index (χ0n) is 17.2. The van der Waals surface area contributed by atoms with Crippen LogP contribution in [0.25, 0.3) is 6.08 Å². The van der Waals surface area contributed by atoms with E-state index in [-0.39, 0.29) is 10.3 Å². The van der Waals surface area contributed by atoms with E-state index in [9.17, 15) is 8.42 Å². The summed E-state index contributed by atoms with van der Waals surface area (Å²) in [6.07, 6.45) is 4.08. The number of rotatable bonds is 5. The first kappa shape index (κ1) is 21.3. The molecule has 0 saturated carbocycles. The van der Waals surface area contributed by atoms with Gasteiger partial charge < -0.3 is 4.57 Å². The molecule has 0 unspecified atom stereocenters. The van der Waals surface area contributed by atoms with Gasteiger partial charge in [-0.1, -0.05) is 81.5 Å². The van der Waals surface area contributed by atoms with E-state index in [2.05, 4.69) is 25.2 Å². The summed E-state index contributed by atoms with van der Waals surface area (Å²) in [5, 5.41) is 0. The third-order valence-electron chi connectivity index (χ3n) is 4.48. The third-order valence-corrected chi connectivity index (χ3v) is 7.48. The van der Waals surface area contributed by atoms with Crippen molar-refractivity contribution in [2.75, 3.05) is 0 Å². The quantitative estimate of drug-likeness (QED) is 0.566. The van der Waals surface area contributed by atoms with Crippen molar-refractivity contribution < 1.29 is 8.42 Å². The summed E-state index contributed by atoms with van der Waals surface area (Å²) in [4.78, 5) is 1.83. The van der Waals surface area contributed by atoms with Crippen molar-refractivity contribution in [1.82, 2.24) is 4.57 Å². The maximum atomic E-state index is 12.8. The number of thiazole rings is 1. The number of nitrogens with zero attached hydrogens (tertiary/aromatic N) is 2. The van der Waals surface area contributed by atoms with Gasteiger partial charge in [-0.3, -0.25) is 0 Å². The summed E-state index contributed by atoms with van der Waals surface area (Å²) < 4.78 is 31.8. The molecule has 0 aliphatic rings. The van der Waals surface area contributed by atoms with Gasteiger partial charge in [0.15, 0.2) is 0 Å². The van der Waals surface area contributed by atoms with Gasteiger partial charge in [0.25, 0.3) is 10.0 Å². The van der Waals surface area contributed by atoms with E-state index in [1.165, 1.54) is 11.3 Å². The zero-order chi connectivity index (χ0) is 21.1. The SMILES string of the molecule is Cc1c(C(C)(C)C)sc(=NS(=O)(=O)c2ccccc2)n1C/C=C/c1ccccc1. The van der Waals surface area contributed by atoms with Crippen molar-refractivity contribution in [3.05, 3.63) is 87.7 Å². The average Bonchev–Trinajstić information content (AvgIpc) is 2.99. The zero-order valence-corrected chi connectivity index (χ0v) is 18.8. The van der Waals surface area contributed by atoms with Gasteiger partial charge >= 0.3 is 0 Å². The summed E-state index contributed by atoms with van der Waals surface area (Å²) in [6, 6.07) is 18.4. The predicted molar refractivity (Wildman–Crippen MR) is 120 cm³/mol. The molecule has 0 aliphatic carbocycles. The minimum atomic E-state index is -3.77. The van der Waals surface area contributed by atoms with E-state index >= 15 is 0 Å². The number of sulfonamides is 1. The van der Waals surface area contributed by atoms with Crippen LogP contribution in [0.4, 0.5) is 0 Å². The standard InChI is InChI=1S/C23H26N2O2S2/c1-18-21(23(2,3)4)28-22(24-29(26,27)20-15-9-6-10-16-20)25(18)17-11-14-19-12-7-5-8-13-19/h5-16H,17H2,1-4H3/b14-11+,24-22?. The number of hydrogen-bond acceptors (Lipinski definition) is 3. The Balaban J connectivity index is 2.07. The lowest BCUT2D eigenvalue weighted by molar-refractivity contribution is 0.589. The third kappa shape index (κ3) is 5.14. The Morgan fingerprint density at radius 3 is 2.17 bits per heavy atom. The molecule has 3 aromatic rings. The molecule has 0 spiro atoms. The van der Waals surface area contributed by atoms with Gasteiger partial charge in [-0.05, 0) is 30.0 Å². The average molecular weight is 427 g/mol. The van der Waals surface area contributed by atoms with Crippen LogP contribution in [0.15, 0.2) is 76.0 Å². The second kappa shape index (κ2) is 8.51. The molecule has 6 heteroatoms. The molecule has 0 fully saturated rings. The molecule has 4 nitrogen and oxygen atoms in total. The van der Waals surface area contributed by atoms with Crippen molar-refractivity contribution >= 4 is 27.4 Å². The second-order valence-corrected chi connectivity index (χ2v) is 10.4. The minimum Gasteiger partial charge on any atom is -0.316 e.